The second-order valence-corrected chi connectivity index (χ2v) is 7.71. The molecule has 0 atom stereocenters. The summed E-state index contributed by atoms with van der Waals surface area (Å²) < 4.78 is 23.2. The highest BCUT2D eigenvalue weighted by atomic mass is 79.9. The number of benzene rings is 1. The van der Waals surface area contributed by atoms with Crippen LogP contribution in [0.2, 0.25) is 0 Å². The predicted molar refractivity (Wildman–Crippen MR) is 84.5 cm³/mol. The number of carbonyl (C=O) groups is 1. The number of primary sulfonamides is 1. The molecule has 21 heavy (non-hydrogen) atoms. The minimum absolute atomic E-state index is 0.179. The molecule has 0 bridgehead atoms. The van der Waals surface area contributed by atoms with Crippen molar-refractivity contribution >= 4 is 59.2 Å². The van der Waals surface area contributed by atoms with Gasteiger partial charge in [0, 0.05) is 4.47 Å². The lowest BCUT2D eigenvalue weighted by Gasteiger charge is -2.07. The Morgan fingerprint density at radius 2 is 1.95 bits per heavy atom. The van der Waals surface area contributed by atoms with Gasteiger partial charge in [-0.05, 0) is 35.5 Å². The zero-order chi connectivity index (χ0) is 15.2. The maximum Gasteiger partial charge on any atom is 0.298 e. The van der Waals surface area contributed by atoms with Crippen molar-refractivity contribution < 1.29 is 13.2 Å². The first kappa shape index (κ1) is 14.4. The van der Waals surface area contributed by atoms with Crippen molar-refractivity contribution in [3.8, 4) is 0 Å². The largest absolute Gasteiger partial charge is 0.298 e. The Kier molecular flexibility index (Phi) is 3.48. The molecule has 0 unspecified atom stereocenters. The molecule has 1 aromatic rings. The summed E-state index contributed by atoms with van der Waals surface area (Å²) in [5, 5.41) is 10.2. The molecule has 10 heteroatoms. The number of rotatable bonds is 1. The quantitative estimate of drug-likeness (QED) is 0.732. The molecular formula is C11H7BrN4O3S2. The van der Waals surface area contributed by atoms with Crippen molar-refractivity contribution in [3.05, 3.63) is 40.0 Å². The lowest BCUT2D eigenvalue weighted by Crippen LogP contribution is -2.20. The maximum absolute atomic E-state index is 11.8. The molecule has 0 fully saturated rings. The van der Waals surface area contributed by atoms with Crippen molar-refractivity contribution in [3.63, 3.8) is 0 Å². The molecule has 7 nitrogen and oxygen atoms in total. The summed E-state index contributed by atoms with van der Waals surface area (Å²) in [6, 6.07) is 7.25. The topological polar surface area (TPSA) is 105 Å². The van der Waals surface area contributed by atoms with Crippen molar-refractivity contribution in [2.75, 3.05) is 0 Å². The van der Waals surface area contributed by atoms with Gasteiger partial charge in [0.1, 0.15) is 5.70 Å². The molecule has 0 saturated heterocycles. The molecule has 108 valence electrons. The molecule has 0 aliphatic carbocycles. The number of hydrogen-bond donors (Lipinski definition) is 1. The van der Waals surface area contributed by atoms with Crippen molar-refractivity contribution in [1.82, 2.24) is 5.01 Å². The highest BCUT2D eigenvalue weighted by molar-refractivity contribution is 9.10. The van der Waals surface area contributed by atoms with Gasteiger partial charge >= 0.3 is 0 Å². The van der Waals surface area contributed by atoms with Crippen LogP contribution in [-0.2, 0) is 14.8 Å². The molecule has 1 aromatic carbocycles. The minimum atomic E-state index is -3.92. The van der Waals surface area contributed by atoms with E-state index in [1.54, 1.807) is 18.2 Å². The van der Waals surface area contributed by atoms with Crippen LogP contribution < -0.4 is 5.14 Å². The molecular weight excluding hydrogens is 380 g/mol. The van der Waals surface area contributed by atoms with Gasteiger partial charge in [-0.3, -0.25) is 4.79 Å². The average molecular weight is 387 g/mol. The Morgan fingerprint density at radius 3 is 2.57 bits per heavy atom. The molecule has 2 aliphatic heterocycles. The predicted octanol–water partition coefficient (Wildman–Crippen LogP) is 1.29. The molecule has 3 rings (SSSR count). The van der Waals surface area contributed by atoms with Gasteiger partial charge in [0.15, 0.2) is 5.17 Å². The molecule has 2 N–H and O–H groups in total. The van der Waals surface area contributed by atoms with Gasteiger partial charge in [0.25, 0.3) is 15.9 Å². The van der Waals surface area contributed by atoms with E-state index in [-0.39, 0.29) is 15.2 Å². The second kappa shape index (κ2) is 5.05. The Balaban J connectivity index is 1.99. The summed E-state index contributed by atoms with van der Waals surface area (Å²) in [5.74, 6) is -0.474. The number of aliphatic imine (C=N–C) groups is 1. The van der Waals surface area contributed by atoms with E-state index in [1.165, 1.54) is 5.01 Å². The van der Waals surface area contributed by atoms with Gasteiger partial charge in [-0.1, -0.05) is 28.1 Å². The van der Waals surface area contributed by atoms with Gasteiger partial charge in [-0.15, -0.1) is 5.10 Å². The third-order valence-electron chi connectivity index (χ3n) is 2.60. The van der Waals surface area contributed by atoms with E-state index in [0.717, 1.165) is 21.8 Å². The fraction of sp³-hybridized carbons (Fsp3) is 0. The normalized spacial score (nSPS) is 19.8. The summed E-state index contributed by atoms with van der Waals surface area (Å²) in [4.78, 5) is 15.6. The summed E-state index contributed by atoms with van der Waals surface area (Å²) in [7, 11) is -3.92. The number of amides is 1. The van der Waals surface area contributed by atoms with E-state index in [9.17, 15) is 13.2 Å². The minimum Gasteiger partial charge on any atom is -0.265 e. The van der Waals surface area contributed by atoms with Gasteiger partial charge < -0.3 is 0 Å². The van der Waals surface area contributed by atoms with Crippen LogP contribution in [0.3, 0.4) is 0 Å². The van der Waals surface area contributed by atoms with E-state index < -0.39 is 15.9 Å². The lowest BCUT2D eigenvalue weighted by molar-refractivity contribution is -0.114. The first-order chi connectivity index (χ1) is 9.84. The van der Waals surface area contributed by atoms with Crippen LogP contribution in [0.5, 0.6) is 0 Å². The summed E-state index contributed by atoms with van der Waals surface area (Å²) in [6.07, 6.45) is 1.58. The van der Waals surface area contributed by atoms with Gasteiger partial charge in [-0.2, -0.15) is 4.99 Å². The summed E-state index contributed by atoms with van der Waals surface area (Å²) >= 11 is 4.07. The van der Waals surface area contributed by atoms with E-state index in [2.05, 4.69) is 26.0 Å². The Hall–Kier alpha value is -1.49. The monoisotopic (exact) mass is 386 g/mol. The van der Waals surface area contributed by atoms with Gasteiger partial charge in [0.2, 0.25) is 4.38 Å². The zero-order valence-electron chi connectivity index (χ0n) is 10.2. The molecule has 0 radical (unpaired) electrons. The van der Waals surface area contributed by atoms with Crippen LogP contribution in [-0.4, -0.2) is 28.9 Å². The van der Waals surface area contributed by atoms with E-state index in [4.69, 9.17) is 5.14 Å². The van der Waals surface area contributed by atoms with Gasteiger partial charge in [-0.25, -0.2) is 18.6 Å². The molecule has 0 spiro atoms. The first-order valence-corrected chi connectivity index (χ1v) is 8.70. The summed E-state index contributed by atoms with van der Waals surface area (Å²) in [6.45, 7) is 0. The van der Waals surface area contributed by atoms with Crippen molar-refractivity contribution in [1.29, 1.82) is 0 Å². The maximum atomic E-state index is 11.8. The van der Waals surface area contributed by atoms with Crippen LogP contribution in [0.25, 0.3) is 6.08 Å². The highest BCUT2D eigenvalue weighted by Gasteiger charge is 2.39. The van der Waals surface area contributed by atoms with Gasteiger partial charge in [0.05, 0.1) is 0 Å². The molecule has 2 aliphatic rings. The van der Waals surface area contributed by atoms with Crippen LogP contribution in [0, 0.1) is 0 Å². The van der Waals surface area contributed by atoms with Crippen molar-refractivity contribution in [2.45, 2.75) is 0 Å². The van der Waals surface area contributed by atoms with Crippen LogP contribution in [0.4, 0.5) is 0 Å². The number of sulfonamides is 1. The highest BCUT2D eigenvalue weighted by Crippen LogP contribution is 2.32. The number of nitrogens with zero attached hydrogens (tertiary/aromatic N) is 3. The average Bonchev–Trinajstić information content (AvgIpc) is 2.92. The molecule has 2 heterocycles. The third kappa shape index (κ3) is 2.79. The molecule has 1 amide bonds. The lowest BCUT2D eigenvalue weighted by atomic mass is 10.2. The van der Waals surface area contributed by atoms with Crippen LogP contribution >= 0.6 is 27.7 Å². The number of hydrogen-bond acceptors (Lipinski definition) is 6. The van der Waals surface area contributed by atoms with E-state index >= 15 is 0 Å². The van der Waals surface area contributed by atoms with Crippen LogP contribution in [0.15, 0.2) is 44.5 Å². The first-order valence-electron chi connectivity index (χ1n) is 5.54. The third-order valence-corrected chi connectivity index (χ3v) is 5.35. The smallest absolute Gasteiger partial charge is 0.265 e. The Bertz CT molecular complexity index is 828. The zero-order valence-corrected chi connectivity index (χ0v) is 13.4. The number of nitrogens with two attached hydrogens (primary N) is 1. The Labute approximate surface area is 132 Å². The SMILES string of the molecule is NS(=O)(=O)C1=NN2C(=NC(=O)/C2=C\c2ccc(Br)cc2)S1. The fourth-order valence-corrected chi connectivity index (χ4v) is 3.46. The number of amidine groups is 1. The number of fused-ring (bicyclic) bond motifs is 1. The number of hydrazone groups is 1. The van der Waals surface area contributed by atoms with Crippen molar-refractivity contribution in [2.24, 2.45) is 15.2 Å². The standard InChI is InChI=1S/C11H7BrN4O3S2/c12-7-3-1-6(2-4-7)5-8-9(17)14-10-16(8)15-11(20-10)21(13,18)19/h1-5H,(H2,13,18,19)/b8-5+. The fourth-order valence-electron chi connectivity index (χ4n) is 1.68. The number of halogens is 1. The summed E-state index contributed by atoms with van der Waals surface area (Å²) in [5.41, 5.74) is 0.945. The van der Waals surface area contributed by atoms with E-state index in [1.807, 2.05) is 12.1 Å². The molecule has 0 saturated carbocycles. The Morgan fingerprint density at radius 1 is 1.29 bits per heavy atom. The second-order valence-electron chi connectivity index (χ2n) is 4.11. The van der Waals surface area contributed by atoms with E-state index in [0.29, 0.717) is 0 Å². The number of thioether (sulfide) groups is 1. The van der Waals surface area contributed by atoms with Crippen LogP contribution in [0.1, 0.15) is 5.56 Å². The molecule has 0 aromatic heterocycles. The number of carbonyl (C=O) groups excluding carboxylic acids is 1.